The van der Waals surface area contributed by atoms with E-state index in [-0.39, 0.29) is 35.4 Å². The van der Waals surface area contributed by atoms with Crippen LogP contribution < -0.4 is 10.9 Å². The van der Waals surface area contributed by atoms with Gasteiger partial charge < -0.3 is 15.1 Å². The van der Waals surface area contributed by atoms with Crippen LogP contribution in [0.4, 0.5) is 5.69 Å². The molecule has 0 aliphatic carbocycles. The average molecular weight is 367 g/mol. The van der Waals surface area contributed by atoms with Crippen LogP contribution in [0.3, 0.4) is 0 Å². The molecule has 0 saturated carbocycles. The van der Waals surface area contributed by atoms with E-state index in [4.69, 9.17) is 0 Å². The Bertz CT molecular complexity index is 971. The zero-order valence-electron chi connectivity index (χ0n) is 14.4. The number of H-pyrrole nitrogens is 1. The van der Waals surface area contributed by atoms with Crippen molar-refractivity contribution in [3.8, 4) is 0 Å². The van der Waals surface area contributed by atoms with Gasteiger partial charge in [0.2, 0.25) is 5.91 Å². The molecule has 2 aliphatic rings. The number of benzene rings is 1. The second kappa shape index (κ2) is 6.67. The van der Waals surface area contributed by atoms with Crippen molar-refractivity contribution in [2.75, 3.05) is 31.5 Å². The van der Waals surface area contributed by atoms with Crippen LogP contribution in [0.5, 0.6) is 0 Å². The maximum absolute atomic E-state index is 12.7. The normalized spacial score (nSPS) is 16.1. The molecule has 2 aliphatic heterocycles. The number of anilines is 1. The van der Waals surface area contributed by atoms with E-state index in [1.54, 1.807) is 28.0 Å². The molecule has 1 saturated heterocycles. The first-order valence-corrected chi connectivity index (χ1v) is 8.58. The summed E-state index contributed by atoms with van der Waals surface area (Å²) in [6.07, 6.45) is 0.283. The summed E-state index contributed by atoms with van der Waals surface area (Å²) in [4.78, 5) is 50.9. The Morgan fingerprint density at radius 2 is 1.63 bits per heavy atom. The lowest BCUT2D eigenvalue weighted by molar-refractivity contribution is -0.115. The molecule has 9 heteroatoms. The van der Waals surface area contributed by atoms with Gasteiger partial charge in [-0.15, -0.1) is 0 Å². The van der Waals surface area contributed by atoms with Gasteiger partial charge in [-0.2, -0.15) is 5.10 Å². The van der Waals surface area contributed by atoms with Gasteiger partial charge in [-0.1, -0.05) is 0 Å². The van der Waals surface area contributed by atoms with Crippen LogP contribution in [0.15, 0.2) is 35.1 Å². The van der Waals surface area contributed by atoms with Gasteiger partial charge in [0.1, 0.15) is 5.69 Å². The summed E-state index contributed by atoms with van der Waals surface area (Å²) < 4.78 is 0. The van der Waals surface area contributed by atoms with Crippen LogP contribution >= 0.6 is 0 Å². The molecular weight excluding hydrogens is 350 g/mol. The first-order valence-electron chi connectivity index (χ1n) is 8.58. The van der Waals surface area contributed by atoms with Gasteiger partial charge >= 0.3 is 0 Å². The summed E-state index contributed by atoms with van der Waals surface area (Å²) in [6.45, 7) is 1.58. The van der Waals surface area contributed by atoms with Crippen molar-refractivity contribution < 1.29 is 14.4 Å². The minimum atomic E-state index is -0.367. The quantitative estimate of drug-likeness (QED) is 0.767. The number of rotatable bonds is 2. The van der Waals surface area contributed by atoms with Gasteiger partial charge in [0.25, 0.3) is 17.4 Å². The third-order valence-corrected chi connectivity index (χ3v) is 4.73. The summed E-state index contributed by atoms with van der Waals surface area (Å²) >= 11 is 0. The largest absolute Gasteiger partial charge is 0.335 e. The lowest BCUT2D eigenvalue weighted by Gasteiger charge is -2.34. The van der Waals surface area contributed by atoms with Crippen molar-refractivity contribution in [1.29, 1.82) is 0 Å². The minimum Gasteiger partial charge on any atom is -0.335 e. The minimum absolute atomic E-state index is 0.0717. The number of nitrogens with zero attached hydrogens (tertiary/aromatic N) is 3. The van der Waals surface area contributed by atoms with Gasteiger partial charge in [-0.25, -0.2) is 5.10 Å². The number of aromatic nitrogens is 2. The van der Waals surface area contributed by atoms with Gasteiger partial charge in [-0.05, 0) is 29.8 Å². The lowest BCUT2D eigenvalue weighted by atomic mass is 10.1. The van der Waals surface area contributed by atoms with Crippen molar-refractivity contribution in [1.82, 2.24) is 20.0 Å². The maximum atomic E-state index is 12.7. The Morgan fingerprint density at radius 1 is 0.926 bits per heavy atom. The summed E-state index contributed by atoms with van der Waals surface area (Å²) in [5.74, 6) is -0.468. The molecule has 4 rings (SSSR count). The molecule has 0 spiro atoms. The molecule has 2 N–H and O–H groups in total. The molecule has 1 aromatic heterocycles. The van der Waals surface area contributed by atoms with Crippen LogP contribution in [0.25, 0.3) is 0 Å². The van der Waals surface area contributed by atoms with Gasteiger partial charge in [-0.3, -0.25) is 19.2 Å². The van der Waals surface area contributed by atoms with E-state index in [0.717, 1.165) is 11.3 Å². The highest BCUT2D eigenvalue weighted by Crippen LogP contribution is 2.24. The lowest BCUT2D eigenvalue weighted by Crippen LogP contribution is -2.50. The number of fused-ring (bicyclic) bond motifs is 1. The van der Waals surface area contributed by atoms with E-state index in [2.05, 4.69) is 15.5 Å². The van der Waals surface area contributed by atoms with Crippen molar-refractivity contribution in [2.24, 2.45) is 0 Å². The zero-order valence-corrected chi connectivity index (χ0v) is 14.4. The number of hydrogen-bond donors (Lipinski definition) is 2. The van der Waals surface area contributed by atoms with Crippen LogP contribution in [0.1, 0.15) is 26.4 Å². The highest BCUT2D eigenvalue weighted by Gasteiger charge is 2.27. The Kier molecular flexibility index (Phi) is 4.19. The smallest absolute Gasteiger partial charge is 0.274 e. The predicted molar refractivity (Wildman–Crippen MR) is 95.4 cm³/mol. The molecule has 1 fully saturated rings. The number of carbonyl (C=O) groups is 3. The topological polar surface area (TPSA) is 115 Å². The van der Waals surface area contributed by atoms with Gasteiger partial charge in [0.15, 0.2) is 0 Å². The first-order chi connectivity index (χ1) is 13.0. The molecule has 9 nitrogen and oxygen atoms in total. The van der Waals surface area contributed by atoms with Gasteiger partial charge in [0.05, 0.1) is 6.42 Å². The SMILES string of the molecule is O=C1Cc2cc(C(=O)N3CCN(C(=O)c4ccc(=O)[nH]n4)CC3)ccc2N1. The standard InChI is InChI=1S/C18H17N5O4/c24-15-4-3-14(20-21-15)18(27)23-7-5-22(6-8-23)17(26)11-1-2-13-12(9-11)10-16(25)19-13/h1-4,9H,5-8,10H2,(H,19,25)(H,21,24). The summed E-state index contributed by atoms with van der Waals surface area (Å²) in [5.41, 5.74) is 1.91. The van der Waals surface area contributed by atoms with E-state index in [1.165, 1.54) is 12.1 Å². The molecule has 27 heavy (non-hydrogen) atoms. The number of amides is 3. The second-order valence-electron chi connectivity index (χ2n) is 6.49. The van der Waals surface area contributed by atoms with E-state index < -0.39 is 0 Å². The molecule has 2 aromatic rings. The Morgan fingerprint density at radius 3 is 2.30 bits per heavy atom. The van der Waals surface area contributed by atoms with Crippen molar-refractivity contribution in [2.45, 2.75) is 6.42 Å². The Labute approximate surface area is 154 Å². The first kappa shape index (κ1) is 17.0. The second-order valence-corrected chi connectivity index (χ2v) is 6.49. The Hall–Kier alpha value is -3.49. The number of nitrogens with one attached hydrogen (secondary N) is 2. The highest BCUT2D eigenvalue weighted by atomic mass is 16.2. The molecule has 138 valence electrons. The molecule has 0 radical (unpaired) electrons. The number of piperazine rings is 1. The number of aromatic amines is 1. The fourth-order valence-electron chi connectivity index (χ4n) is 3.28. The predicted octanol–water partition coefficient (Wildman–Crippen LogP) is -0.137. The summed E-state index contributed by atoms with van der Waals surface area (Å²) in [5, 5.41) is 8.74. The fraction of sp³-hybridized carbons (Fsp3) is 0.278. The molecule has 3 amide bonds. The molecule has 0 unspecified atom stereocenters. The van der Waals surface area contributed by atoms with Crippen molar-refractivity contribution in [3.63, 3.8) is 0 Å². The van der Waals surface area contributed by atoms with Crippen LogP contribution in [-0.2, 0) is 11.2 Å². The molecule has 0 atom stereocenters. The average Bonchev–Trinajstić information content (AvgIpc) is 3.07. The third-order valence-electron chi connectivity index (χ3n) is 4.73. The maximum Gasteiger partial charge on any atom is 0.274 e. The number of carbonyl (C=O) groups excluding carboxylic acids is 3. The van der Waals surface area contributed by atoms with E-state index in [1.807, 2.05) is 0 Å². The van der Waals surface area contributed by atoms with Crippen molar-refractivity contribution in [3.05, 3.63) is 57.5 Å². The fourth-order valence-corrected chi connectivity index (χ4v) is 3.28. The van der Waals surface area contributed by atoms with E-state index in [0.29, 0.717) is 31.7 Å². The van der Waals surface area contributed by atoms with Crippen LogP contribution in [0.2, 0.25) is 0 Å². The molecule has 0 bridgehead atoms. The highest BCUT2D eigenvalue weighted by molar-refractivity contribution is 6.01. The molecule has 3 heterocycles. The zero-order chi connectivity index (χ0) is 19.0. The van der Waals surface area contributed by atoms with Gasteiger partial charge in [0, 0.05) is 43.5 Å². The Balaban J connectivity index is 1.40. The van der Waals surface area contributed by atoms with Crippen molar-refractivity contribution >= 4 is 23.4 Å². The van der Waals surface area contributed by atoms with E-state index >= 15 is 0 Å². The molecular formula is C18H17N5O4. The van der Waals surface area contributed by atoms with Crippen LogP contribution in [-0.4, -0.2) is 63.9 Å². The van der Waals surface area contributed by atoms with E-state index in [9.17, 15) is 19.2 Å². The number of hydrogen-bond acceptors (Lipinski definition) is 5. The summed E-state index contributed by atoms with van der Waals surface area (Å²) in [6, 6.07) is 7.84. The molecule has 1 aromatic carbocycles. The van der Waals surface area contributed by atoms with Crippen LogP contribution in [0, 0.1) is 0 Å². The monoisotopic (exact) mass is 367 g/mol. The summed E-state index contributed by atoms with van der Waals surface area (Å²) in [7, 11) is 0. The third kappa shape index (κ3) is 3.31.